The van der Waals surface area contributed by atoms with Crippen molar-refractivity contribution in [1.82, 2.24) is 15.7 Å². The van der Waals surface area contributed by atoms with E-state index in [1.54, 1.807) is 0 Å². The van der Waals surface area contributed by atoms with Crippen molar-refractivity contribution in [2.75, 3.05) is 0 Å². The first-order valence-electron chi connectivity index (χ1n) is 11.6. The highest BCUT2D eigenvalue weighted by Crippen LogP contribution is 2.54. The molecular formula is C27H33N3O3. The number of allylic oxidation sites excluding steroid dienone is 1. The summed E-state index contributed by atoms with van der Waals surface area (Å²) in [4.78, 5) is 34.4. The molecular weight excluding hydrogens is 414 g/mol. The lowest BCUT2D eigenvalue weighted by atomic mass is 9.62. The van der Waals surface area contributed by atoms with E-state index in [0.717, 1.165) is 16.8 Å². The van der Waals surface area contributed by atoms with Gasteiger partial charge in [-0.25, -0.2) is 5.48 Å². The van der Waals surface area contributed by atoms with Crippen LogP contribution in [-0.4, -0.2) is 28.3 Å². The van der Waals surface area contributed by atoms with Gasteiger partial charge in [0.05, 0.1) is 12.5 Å². The van der Waals surface area contributed by atoms with E-state index in [9.17, 15) is 9.59 Å². The number of nitrogens with one attached hydrogen (secondary N) is 2. The van der Waals surface area contributed by atoms with E-state index in [1.807, 2.05) is 60.7 Å². The van der Waals surface area contributed by atoms with Gasteiger partial charge in [0.2, 0.25) is 5.91 Å². The topological polar surface area (TPSA) is 70.7 Å². The van der Waals surface area contributed by atoms with Crippen LogP contribution >= 0.6 is 0 Å². The highest BCUT2D eigenvalue weighted by Gasteiger charge is 2.72. The Labute approximate surface area is 196 Å². The number of hydroxylamine groups is 1. The van der Waals surface area contributed by atoms with Crippen molar-refractivity contribution >= 4 is 11.8 Å². The first-order valence-corrected chi connectivity index (χ1v) is 11.6. The SMILES string of the molecule is CC(C)C=C1NC(=O)[C@@]2(C(C)C)C1C(C(=O)NOCc1ccccc1)N2Cc1ccccc1. The molecule has 4 rings (SSSR count). The van der Waals surface area contributed by atoms with E-state index >= 15 is 0 Å². The van der Waals surface area contributed by atoms with Crippen molar-refractivity contribution in [3.8, 4) is 0 Å². The molecule has 2 aliphatic rings. The number of amides is 2. The van der Waals surface area contributed by atoms with E-state index in [2.05, 4.69) is 49.5 Å². The van der Waals surface area contributed by atoms with Crippen molar-refractivity contribution in [3.05, 3.63) is 83.6 Å². The van der Waals surface area contributed by atoms with Gasteiger partial charge in [-0.15, -0.1) is 0 Å². The number of carbonyl (C=O) groups is 2. The zero-order chi connectivity index (χ0) is 23.6. The van der Waals surface area contributed by atoms with Gasteiger partial charge in [-0.1, -0.05) is 94.4 Å². The Balaban J connectivity index is 1.62. The molecule has 6 heteroatoms. The zero-order valence-electron chi connectivity index (χ0n) is 19.7. The van der Waals surface area contributed by atoms with Gasteiger partial charge in [0.15, 0.2) is 0 Å². The average Bonchev–Trinajstić information content (AvgIpc) is 3.00. The summed E-state index contributed by atoms with van der Waals surface area (Å²) in [6.45, 7) is 9.06. The maximum Gasteiger partial charge on any atom is 0.261 e. The fourth-order valence-electron chi connectivity index (χ4n) is 5.32. The normalized spacial score (nSPS) is 25.8. The molecule has 0 aliphatic carbocycles. The van der Waals surface area contributed by atoms with Crippen LogP contribution in [0.1, 0.15) is 38.8 Å². The maximum atomic E-state index is 13.4. The van der Waals surface area contributed by atoms with Crippen LogP contribution in [0.15, 0.2) is 72.4 Å². The zero-order valence-corrected chi connectivity index (χ0v) is 19.7. The average molecular weight is 448 g/mol. The number of hydrogen-bond acceptors (Lipinski definition) is 4. The Hall–Kier alpha value is -2.96. The summed E-state index contributed by atoms with van der Waals surface area (Å²) in [6, 6.07) is 19.2. The molecule has 0 spiro atoms. The lowest BCUT2D eigenvalue weighted by Crippen LogP contribution is -2.78. The minimum atomic E-state index is -0.766. The van der Waals surface area contributed by atoms with Crippen LogP contribution in [0.25, 0.3) is 0 Å². The molecule has 2 amide bonds. The summed E-state index contributed by atoms with van der Waals surface area (Å²) in [7, 11) is 0. The number of likely N-dealkylation sites (tertiary alicyclic amines) is 1. The molecule has 2 unspecified atom stereocenters. The van der Waals surface area contributed by atoms with Crippen molar-refractivity contribution in [1.29, 1.82) is 0 Å². The van der Waals surface area contributed by atoms with Gasteiger partial charge in [-0.05, 0) is 23.0 Å². The van der Waals surface area contributed by atoms with E-state index < -0.39 is 11.6 Å². The van der Waals surface area contributed by atoms with Crippen LogP contribution in [-0.2, 0) is 27.6 Å². The molecule has 2 aromatic carbocycles. The summed E-state index contributed by atoms with van der Waals surface area (Å²) in [6.07, 6.45) is 2.07. The quantitative estimate of drug-likeness (QED) is 0.604. The second-order valence-electron chi connectivity index (χ2n) is 9.58. The van der Waals surface area contributed by atoms with E-state index in [-0.39, 0.29) is 36.2 Å². The molecule has 2 aliphatic heterocycles. The largest absolute Gasteiger partial charge is 0.328 e. The summed E-state index contributed by atoms with van der Waals surface area (Å²) in [5.74, 6) is -0.214. The third kappa shape index (κ3) is 4.21. The third-order valence-electron chi connectivity index (χ3n) is 6.67. The second-order valence-corrected chi connectivity index (χ2v) is 9.58. The summed E-state index contributed by atoms with van der Waals surface area (Å²) < 4.78 is 0. The fourth-order valence-corrected chi connectivity index (χ4v) is 5.32. The van der Waals surface area contributed by atoms with Crippen LogP contribution in [0, 0.1) is 17.8 Å². The minimum absolute atomic E-state index is 0.0264. The Kier molecular flexibility index (Phi) is 6.68. The van der Waals surface area contributed by atoms with Gasteiger partial charge in [0, 0.05) is 12.2 Å². The van der Waals surface area contributed by atoms with Gasteiger partial charge in [0.1, 0.15) is 11.6 Å². The second kappa shape index (κ2) is 9.49. The predicted octanol–water partition coefficient (Wildman–Crippen LogP) is 3.80. The first-order chi connectivity index (χ1) is 15.9. The maximum absolute atomic E-state index is 13.4. The Morgan fingerprint density at radius 1 is 1.06 bits per heavy atom. The smallest absolute Gasteiger partial charge is 0.261 e. The van der Waals surface area contributed by atoms with E-state index in [1.165, 1.54) is 0 Å². The number of rotatable bonds is 8. The molecule has 2 saturated heterocycles. The van der Waals surface area contributed by atoms with Crippen molar-refractivity contribution in [3.63, 3.8) is 0 Å². The molecule has 0 bridgehead atoms. The predicted molar refractivity (Wildman–Crippen MR) is 127 cm³/mol. The van der Waals surface area contributed by atoms with Crippen LogP contribution < -0.4 is 10.8 Å². The van der Waals surface area contributed by atoms with Crippen LogP contribution in [0.2, 0.25) is 0 Å². The molecule has 3 atom stereocenters. The highest BCUT2D eigenvalue weighted by atomic mass is 16.6. The number of carbonyl (C=O) groups excluding carboxylic acids is 2. The number of benzene rings is 2. The van der Waals surface area contributed by atoms with Gasteiger partial charge >= 0.3 is 0 Å². The molecule has 174 valence electrons. The first kappa shape index (κ1) is 23.2. The van der Waals surface area contributed by atoms with Crippen molar-refractivity contribution in [2.24, 2.45) is 17.8 Å². The molecule has 33 heavy (non-hydrogen) atoms. The lowest BCUT2D eigenvalue weighted by molar-refractivity contribution is -0.182. The van der Waals surface area contributed by atoms with Gasteiger partial charge in [-0.3, -0.25) is 19.3 Å². The Bertz CT molecular complexity index is 1020. The molecule has 0 radical (unpaired) electrons. The molecule has 6 nitrogen and oxygen atoms in total. The van der Waals surface area contributed by atoms with Crippen LogP contribution in [0.4, 0.5) is 0 Å². The molecule has 2 N–H and O–H groups in total. The van der Waals surface area contributed by atoms with E-state index in [4.69, 9.17) is 4.84 Å². The van der Waals surface area contributed by atoms with Crippen LogP contribution in [0.5, 0.6) is 0 Å². The third-order valence-corrected chi connectivity index (χ3v) is 6.67. The van der Waals surface area contributed by atoms with Gasteiger partial charge in [0.25, 0.3) is 5.91 Å². The Morgan fingerprint density at radius 3 is 2.24 bits per heavy atom. The van der Waals surface area contributed by atoms with Crippen molar-refractivity contribution in [2.45, 2.75) is 52.4 Å². The van der Waals surface area contributed by atoms with Gasteiger partial charge < -0.3 is 5.32 Å². The van der Waals surface area contributed by atoms with Crippen LogP contribution in [0.3, 0.4) is 0 Å². The monoisotopic (exact) mass is 447 g/mol. The van der Waals surface area contributed by atoms with E-state index in [0.29, 0.717) is 6.54 Å². The van der Waals surface area contributed by atoms with Gasteiger partial charge in [-0.2, -0.15) is 0 Å². The number of nitrogens with zero attached hydrogens (tertiary/aromatic N) is 1. The molecule has 2 aromatic rings. The molecule has 2 fully saturated rings. The lowest BCUT2D eigenvalue weighted by Gasteiger charge is -2.60. The van der Waals surface area contributed by atoms with Crippen molar-refractivity contribution < 1.29 is 14.4 Å². The summed E-state index contributed by atoms with van der Waals surface area (Å²) in [5.41, 5.74) is 4.77. The number of hydrogen-bond donors (Lipinski definition) is 2. The summed E-state index contributed by atoms with van der Waals surface area (Å²) in [5, 5.41) is 3.11. The Morgan fingerprint density at radius 2 is 1.67 bits per heavy atom. The molecule has 2 heterocycles. The summed E-state index contributed by atoms with van der Waals surface area (Å²) >= 11 is 0. The minimum Gasteiger partial charge on any atom is -0.328 e. The fraction of sp³-hybridized carbons (Fsp3) is 0.407. The highest BCUT2D eigenvalue weighted by molar-refractivity contribution is 5.98. The number of fused-ring (bicyclic) bond motifs is 1. The standard InChI is InChI=1S/C27H33N3O3/c1-18(2)15-22-23-24(25(31)29-33-17-21-13-9-6-10-14-21)30(16-20-11-7-5-8-12-20)27(23,19(3)4)26(32)28-22/h5-15,18-19,23-24H,16-17H2,1-4H3,(H,28,32)(H,29,31)/t23?,24?,27-/m1/s1. The molecule has 0 aromatic heterocycles. The molecule has 0 saturated carbocycles.